The molecule has 396 valence electrons. The monoisotopic (exact) mass is 1020 g/mol. The Morgan fingerprint density at radius 3 is 1.17 bits per heavy atom. The number of rotatable bonds is 21. The minimum atomic E-state index is -1.91. The van der Waals surface area contributed by atoms with Gasteiger partial charge in [-0.3, -0.25) is 38.4 Å². The summed E-state index contributed by atoms with van der Waals surface area (Å²) in [6.45, 7) is 6.43. The van der Waals surface area contributed by atoms with E-state index >= 15 is 0 Å². The molecule has 3 saturated heterocycles. The molecule has 5 rings (SSSR count). The summed E-state index contributed by atoms with van der Waals surface area (Å²) in [6.07, 6.45) is -23.9. The molecule has 1 N–H and O–H groups in total. The molecule has 0 amide bonds. The highest BCUT2D eigenvalue weighted by molar-refractivity contribution is 5.70. The van der Waals surface area contributed by atoms with Gasteiger partial charge in [-0.05, 0) is 11.1 Å². The predicted octanol–water partition coefficient (Wildman–Crippen LogP) is 1.44. The molecule has 72 heavy (non-hydrogen) atoms. The average Bonchev–Trinajstić information content (AvgIpc) is 3.29. The first-order valence-corrected chi connectivity index (χ1v) is 22.7. The van der Waals surface area contributed by atoms with Gasteiger partial charge in [0.2, 0.25) is 0 Å². The van der Waals surface area contributed by atoms with Crippen LogP contribution in [0.5, 0.6) is 0 Å². The summed E-state index contributed by atoms with van der Waals surface area (Å²) in [7, 11) is 0. The minimum Gasteiger partial charge on any atom is -0.463 e. The second-order valence-corrected chi connectivity index (χ2v) is 16.7. The molecule has 0 saturated carbocycles. The van der Waals surface area contributed by atoms with Crippen molar-refractivity contribution in [3.8, 4) is 0 Å². The number of hydrogen-bond donors (Lipinski definition) is 1. The lowest BCUT2D eigenvalue weighted by molar-refractivity contribution is -0.371. The lowest BCUT2D eigenvalue weighted by Gasteiger charge is -2.49. The van der Waals surface area contributed by atoms with Gasteiger partial charge in [0.25, 0.3) is 0 Å². The van der Waals surface area contributed by atoms with Crippen LogP contribution in [0.25, 0.3) is 0 Å². The van der Waals surface area contributed by atoms with Crippen LogP contribution >= 0.6 is 0 Å². The van der Waals surface area contributed by atoms with E-state index < -0.39 is 160 Å². The fourth-order valence-electron chi connectivity index (χ4n) is 8.06. The highest BCUT2D eigenvalue weighted by atomic mass is 16.8. The first-order valence-electron chi connectivity index (χ1n) is 22.7. The molecule has 0 bridgehead atoms. The summed E-state index contributed by atoms with van der Waals surface area (Å²) in [5.41, 5.74) is 1.28. The minimum absolute atomic E-state index is 0.151. The number of aliphatic hydroxyl groups excluding tert-OH is 1. The van der Waals surface area contributed by atoms with Gasteiger partial charge >= 0.3 is 47.8 Å². The second kappa shape index (κ2) is 27.1. The zero-order valence-corrected chi connectivity index (χ0v) is 40.8. The Balaban J connectivity index is 1.62. The summed E-state index contributed by atoms with van der Waals surface area (Å²) in [6, 6.07) is 17.6. The van der Waals surface area contributed by atoms with Gasteiger partial charge in [0.05, 0.1) is 19.8 Å². The fourth-order valence-corrected chi connectivity index (χ4v) is 8.06. The molecule has 15 unspecified atom stereocenters. The van der Waals surface area contributed by atoms with Crippen LogP contribution in [0.3, 0.4) is 0 Å². The van der Waals surface area contributed by atoms with Crippen molar-refractivity contribution in [1.82, 2.24) is 0 Å². The summed E-state index contributed by atoms with van der Waals surface area (Å²) in [5, 5.41) is 12.0. The van der Waals surface area contributed by atoms with Gasteiger partial charge < -0.3 is 76.2 Å². The van der Waals surface area contributed by atoms with Gasteiger partial charge in [0, 0.05) is 55.4 Å². The smallest absolute Gasteiger partial charge is 0.303 e. The number of esters is 8. The van der Waals surface area contributed by atoms with Crippen LogP contribution in [0.15, 0.2) is 60.7 Å². The Morgan fingerprint density at radius 1 is 0.389 bits per heavy atom. The normalized spacial score (nSPS) is 30.1. The molecule has 3 fully saturated rings. The Hall–Kier alpha value is -6.12. The topological polar surface area (TPSA) is 295 Å². The third kappa shape index (κ3) is 16.7. The Bertz CT molecular complexity index is 2150. The largest absolute Gasteiger partial charge is 0.463 e. The van der Waals surface area contributed by atoms with E-state index in [4.69, 9.17) is 71.1 Å². The molecule has 2 aromatic rings. The number of benzene rings is 2. The van der Waals surface area contributed by atoms with Gasteiger partial charge in [-0.2, -0.15) is 0 Å². The van der Waals surface area contributed by atoms with Gasteiger partial charge in [-0.15, -0.1) is 0 Å². The summed E-state index contributed by atoms with van der Waals surface area (Å²) >= 11 is 0. The van der Waals surface area contributed by atoms with E-state index in [1.165, 1.54) is 0 Å². The van der Waals surface area contributed by atoms with E-state index in [0.29, 0.717) is 11.1 Å². The van der Waals surface area contributed by atoms with Crippen molar-refractivity contribution >= 4 is 47.8 Å². The molecule has 0 aromatic heterocycles. The molecule has 0 aliphatic carbocycles. The van der Waals surface area contributed by atoms with Gasteiger partial charge in [-0.1, -0.05) is 60.7 Å². The number of ether oxygens (including phenoxy) is 15. The summed E-state index contributed by atoms with van der Waals surface area (Å²) in [4.78, 5) is 99.7. The second-order valence-electron chi connectivity index (χ2n) is 16.7. The van der Waals surface area contributed by atoms with Crippen molar-refractivity contribution in [2.75, 3.05) is 19.8 Å². The quantitative estimate of drug-likeness (QED) is 0.137. The van der Waals surface area contributed by atoms with Crippen molar-refractivity contribution in [2.45, 2.75) is 161 Å². The van der Waals surface area contributed by atoms with E-state index in [2.05, 4.69) is 0 Å². The molecule has 3 heterocycles. The molecule has 0 radical (unpaired) electrons. The van der Waals surface area contributed by atoms with Crippen molar-refractivity contribution in [2.24, 2.45) is 0 Å². The highest BCUT2D eigenvalue weighted by Gasteiger charge is 2.58. The Kier molecular flexibility index (Phi) is 21.4. The standard InChI is InChI=1S/C48H60O24/c1-24(49)58-21-35-38(63-26(3)51)41(65-28(5)53)44(67-30(7)55)47(70-35)62-23-34-37(60-19-32-15-11-9-12-16-32)40(43(46(57)69-34)61-20-33-17-13-10-14-18-33)72-48-45(68-31(8)56)42(66-29(6)54)39(64-27(4)52)36(71-48)22-59-25(2)50/h9-18,34-48,57H,19-23H2,1-8H3. The SMILES string of the molecule is CC(=O)OCC1OC(OCC2OC(O)C(OCc3ccccc3)C(OC3OC(COC(C)=O)C(OC(C)=O)C(OC(C)=O)C3OC(C)=O)C2OCc2ccccc2)C(OC(C)=O)C(OC(C)=O)C1OC(C)=O. The van der Waals surface area contributed by atoms with Crippen molar-refractivity contribution in [3.63, 3.8) is 0 Å². The number of carbonyl (C=O) groups is 8. The maximum atomic E-state index is 12.8. The fraction of sp³-hybridized carbons (Fsp3) is 0.583. The predicted molar refractivity (Wildman–Crippen MR) is 236 cm³/mol. The van der Waals surface area contributed by atoms with Crippen molar-refractivity contribution in [1.29, 1.82) is 0 Å². The van der Waals surface area contributed by atoms with E-state index in [0.717, 1.165) is 55.4 Å². The lowest BCUT2D eigenvalue weighted by atomic mass is 9.95. The maximum Gasteiger partial charge on any atom is 0.303 e. The zero-order valence-electron chi connectivity index (χ0n) is 40.8. The molecule has 24 nitrogen and oxygen atoms in total. The molecular weight excluding hydrogens is 961 g/mol. The van der Waals surface area contributed by atoms with Crippen LogP contribution in [-0.4, -0.2) is 165 Å². The Labute approximate surface area is 413 Å². The number of hydrogen-bond acceptors (Lipinski definition) is 24. The van der Waals surface area contributed by atoms with Crippen LogP contribution in [0.4, 0.5) is 0 Å². The maximum absolute atomic E-state index is 12.8. The van der Waals surface area contributed by atoms with E-state index in [-0.39, 0.29) is 13.2 Å². The van der Waals surface area contributed by atoms with Crippen LogP contribution < -0.4 is 0 Å². The van der Waals surface area contributed by atoms with E-state index in [9.17, 15) is 43.5 Å². The molecule has 15 atom stereocenters. The molecule has 3 aliphatic rings. The van der Waals surface area contributed by atoms with Gasteiger partial charge in [-0.25, -0.2) is 0 Å². The van der Waals surface area contributed by atoms with E-state index in [1.54, 1.807) is 60.7 Å². The van der Waals surface area contributed by atoms with Gasteiger partial charge in [0.1, 0.15) is 49.8 Å². The molecule has 24 heteroatoms. The zero-order chi connectivity index (χ0) is 52.6. The van der Waals surface area contributed by atoms with Crippen molar-refractivity contribution in [3.05, 3.63) is 71.8 Å². The average molecular weight is 1020 g/mol. The Morgan fingerprint density at radius 2 is 0.750 bits per heavy atom. The molecule has 3 aliphatic heterocycles. The number of carbonyl (C=O) groups excluding carboxylic acids is 8. The summed E-state index contributed by atoms with van der Waals surface area (Å²) < 4.78 is 88.6. The first-order chi connectivity index (χ1) is 34.2. The number of aliphatic hydroxyl groups is 1. The highest BCUT2D eigenvalue weighted by Crippen LogP contribution is 2.37. The molecular formula is C48H60O24. The first kappa shape index (κ1) is 56.8. The molecule has 0 spiro atoms. The van der Waals surface area contributed by atoms with Crippen LogP contribution in [0.1, 0.15) is 66.5 Å². The van der Waals surface area contributed by atoms with Crippen LogP contribution in [0.2, 0.25) is 0 Å². The third-order valence-electron chi connectivity index (χ3n) is 10.8. The molecule has 2 aromatic carbocycles. The van der Waals surface area contributed by atoms with Crippen molar-refractivity contribution < 1.29 is 115 Å². The third-order valence-corrected chi connectivity index (χ3v) is 10.8. The van der Waals surface area contributed by atoms with Crippen LogP contribution in [-0.2, 0) is 123 Å². The van der Waals surface area contributed by atoms with Gasteiger partial charge in [0.15, 0.2) is 55.5 Å². The van der Waals surface area contributed by atoms with Crippen LogP contribution in [0, 0.1) is 0 Å². The summed E-state index contributed by atoms with van der Waals surface area (Å²) in [5.74, 6) is -6.87. The van der Waals surface area contributed by atoms with E-state index in [1.807, 2.05) is 0 Å². The lowest BCUT2D eigenvalue weighted by Crippen LogP contribution is -2.67.